The van der Waals surface area contributed by atoms with E-state index in [1.54, 1.807) is 7.11 Å². The van der Waals surface area contributed by atoms with E-state index >= 15 is 0 Å². The van der Waals surface area contributed by atoms with Crippen LogP contribution in [0.3, 0.4) is 0 Å². The van der Waals surface area contributed by atoms with Crippen molar-refractivity contribution in [2.75, 3.05) is 33.4 Å². The Balaban J connectivity index is 2.12. The number of hydrogen-bond donors (Lipinski definition) is 1. The number of carbonyl (C=O) groups excluding carboxylic acids is 1. The monoisotopic (exact) mass is 306 g/mol. The predicted molar refractivity (Wildman–Crippen MR) is 86.1 cm³/mol. The maximum atomic E-state index is 12.8. The second-order valence-electron chi connectivity index (χ2n) is 6.45. The number of piperidine rings is 1. The fourth-order valence-electron chi connectivity index (χ4n) is 2.72. The van der Waals surface area contributed by atoms with Crippen molar-refractivity contribution >= 4 is 5.91 Å². The number of hydrogen-bond acceptors (Lipinski definition) is 4. The Morgan fingerprint density at radius 2 is 2.09 bits per heavy atom. The molecule has 1 atom stereocenters. The molecular weight excluding hydrogens is 280 g/mol. The lowest BCUT2D eigenvalue weighted by Crippen LogP contribution is -2.54. The standard InChI is InChI=1S/C17H26N2O3/c1-17(2)12-19(9-8-15(17)18)16(20)13-6-4-5-7-14(13)22-11-10-21-3/h4-7,15H,8-12,18H2,1-3H3. The normalized spacial score (nSPS) is 20.7. The number of amides is 1. The molecule has 0 aliphatic carbocycles. The minimum Gasteiger partial charge on any atom is -0.490 e. The van der Waals surface area contributed by atoms with Gasteiger partial charge in [-0.1, -0.05) is 26.0 Å². The first-order valence-corrected chi connectivity index (χ1v) is 7.71. The van der Waals surface area contributed by atoms with Crippen molar-refractivity contribution in [2.45, 2.75) is 26.3 Å². The zero-order valence-corrected chi connectivity index (χ0v) is 13.7. The van der Waals surface area contributed by atoms with Crippen LogP contribution in [0.25, 0.3) is 0 Å². The van der Waals surface area contributed by atoms with Crippen molar-refractivity contribution in [3.05, 3.63) is 29.8 Å². The molecule has 0 bridgehead atoms. The van der Waals surface area contributed by atoms with Crippen LogP contribution in [0.5, 0.6) is 5.75 Å². The van der Waals surface area contributed by atoms with Crippen LogP contribution in [-0.4, -0.2) is 50.3 Å². The summed E-state index contributed by atoms with van der Waals surface area (Å²) in [4.78, 5) is 14.7. The van der Waals surface area contributed by atoms with Gasteiger partial charge >= 0.3 is 0 Å². The van der Waals surface area contributed by atoms with E-state index in [0.29, 0.717) is 37.6 Å². The van der Waals surface area contributed by atoms with Gasteiger partial charge in [0.05, 0.1) is 12.2 Å². The third-order valence-electron chi connectivity index (χ3n) is 4.26. The molecule has 122 valence electrons. The van der Waals surface area contributed by atoms with Crippen LogP contribution in [0, 0.1) is 5.41 Å². The van der Waals surface area contributed by atoms with Crippen LogP contribution >= 0.6 is 0 Å². The summed E-state index contributed by atoms with van der Waals surface area (Å²) < 4.78 is 10.7. The summed E-state index contributed by atoms with van der Waals surface area (Å²) in [6.07, 6.45) is 0.825. The molecule has 5 nitrogen and oxygen atoms in total. The molecule has 1 aliphatic heterocycles. The molecule has 1 unspecified atom stereocenters. The van der Waals surface area contributed by atoms with Gasteiger partial charge in [0, 0.05) is 26.2 Å². The first-order chi connectivity index (χ1) is 10.5. The Bertz CT molecular complexity index is 516. The highest BCUT2D eigenvalue weighted by Gasteiger charge is 2.36. The Kier molecular flexibility index (Phi) is 5.42. The average Bonchev–Trinajstić information content (AvgIpc) is 2.50. The van der Waals surface area contributed by atoms with E-state index in [4.69, 9.17) is 15.2 Å². The fraction of sp³-hybridized carbons (Fsp3) is 0.588. The van der Waals surface area contributed by atoms with E-state index < -0.39 is 0 Å². The molecule has 0 radical (unpaired) electrons. The fourth-order valence-corrected chi connectivity index (χ4v) is 2.72. The van der Waals surface area contributed by atoms with Gasteiger partial charge in [-0.3, -0.25) is 4.79 Å². The summed E-state index contributed by atoms with van der Waals surface area (Å²) in [5.41, 5.74) is 6.68. The van der Waals surface area contributed by atoms with E-state index in [9.17, 15) is 4.79 Å². The van der Waals surface area contributed by atoms with Crippen molar-refractivity contribution in [3.8, 4) is 5.75 Å². The van der Waals surface area contributed by atoms with Gasteiger partial charge in [0.2, 0.25) is 0 Å². The quantitative estimate of drug-likeness (QED) is 0.844. The van der Waals surface area contributed by atoms with Crippen LogP contribution in [0.4, 0.5) is 0 Å². The molecule has 1 aromatic carbocycles. The summed E-state index contributed by atoms with van der Waals surface area (Å²) in [6, 6.07) is 7.49. The van der Waals surface area contributed by atoms with Crippen molar-refractivity contribution < 1.29 is 14.3 Å². The molecule has 1 fully saturated rings. The Hall–Kier alpha value is -1.59. The largest absolute Gasteiger partial charge is 0.490 e. The van der Waals surface area contributed by atoms with E-state index in [-0.39, 0.29) is 17.4 Å². The number of carbonyl (C=O) groups is 1. The van der Waals surface area contributed by atoms with Gasteiger partial charge in [-0.25, -0.2) is 0 Å². The van der Waals surface area contributed by atoms with Gasteiger partial charge in [-0.2, -0.15) is 0 Å². The first-order valence-electron chi connectivity index (χ1n) is 7.71. The second-order valence-corrected chi connectivity index (χ2v) is 6.45. The smallest absolute Gasteiger partial charge is 0.257 e. The summed E-state index contributed by atoms with van der Waals surface area (Å²) in [5, 5.41) is 0. The third kappa shape index (κ3) is 3.78. The summed E-state index contributed by atoms with van der Waals surface area (Å²) >= 11 is 0. The summed E-state index contributed by atoms with van der Waals surface area (Å²) in [5.74, 6) is 0.616. The van der Waals surface area contributed by atoms with Crippen molar-refractivity contribution in [1.82, 2.24) is 4.90 Å². The minimum atomic E-state index is -0.0697. The third-order valence-corrected chi connectivity index (χ3v) is 4.26. The molecular formula is C17H26N2O3. The maximum absolute atomic E-state index is 12.8. The molecule has 1 heterocycles. The van der Waals surface area contributed by atoms with Crippen LogP contribution in [0.2, 0.25) is 0 Å². The minimum absolute atomic E-state index is 0.00740. The molecule has 0 saturated carbocycles. The number of para-hydroxylation sites is 1. The first kappa shape index (κ1) is 16.8. The van der Waals surface area contributed by atoms with Crippen LogP contribution < -0.4 is 10.5 Å². The van der Waals surface area contributed by atoms with Crippen molar-refractivity contribution in [3.63, 3.8) is 0 Å². The number of likely N-dealkylation sites (tertiary alicyclic amines) is 1. The van der Waals surface area contributed by atoms with Crippen LogP contribution in [0.15, 0.2) is 24.3 Å². The van der Waals surface area contributed by atoms with Crippen molar-refractivity contribution in [1.29, 1.82) is 0 Å². The van der Waals surface area contributed by atoms with Gasteiger partial charge in [0.25, 0.3) is 5.91 Å². The van der Waals surface area contributed by atoms with Gasteiger partial charge in [0.1, 0.15) is 12.4 Å². The van der Waals surface area contributed by atoms with E-state index in [0.717, 1.165) is 6.42 Å². The molecule has 1 saturated heterocycles. The van der Waals surface area contributed by atoms with Gasteiger partial charge in [-0.15, -0.1) is 0 Å². The van der Waals surface area contributed by atoms with Gasteiger partial charge < -0.3 is 20.1 Å². The Morgan fingerprint density at radius 3 is 2.77 bits per heavy atom. The summed E-state index contributed by atoms with van der Waals surface area (Å²) in [6.45, 7) is 6.50. The number of rotatable bonds is 5. The summed E-state index contributed by atoms with van der Waals surface area (Å²) in [7, 11) is 1.62. The lowest BCUT2D eigenvalue weighted by Gasteiger charge is -2.42. The van der Waals surface area contributed by atoms with E-state index in [1.165, 1.54) is 0 Å². The lowest BCUT2D eigenvalue weighted by atomic mass is 9.79. The van der Waals surface area contributed by atoms with Crippen LogP contribution in [0.1, 0.15) is 30.6 Å². The predicted octanol–water partition coefficient (Wildman–Crippen LogP) is 1.91. The van der Waals surface area contributed by atoms with E-state index in [1.807, 2.05) is 29.2 Å². The zero-order chi connectivity index (χ0) is 16.2. The van der Waals surface area contributed by atoms with Crippen molar-refractivity contribution in [2.24, 2.45) is 11.1 Å². The Morgan fingerprint density at radius 1 is 1.36 bits per heavy atom. The van der Waals surface area contributed by atoms with Gasteiger partial charge in [0.15, 0.2) is 0 Å². The number of ether oxygens (including phenoxy) is 2. The molecule has 0 spiro atoms. The lowest BCUT2D eigenvalue weighted by molar-refractivity contribution is 0.0527. The molecule has 1 aliphatic rings. The SMILES string of the molecule is COCCOc1ccccc1C(=O)N1CCC(N)C(C)(C)C1. The second kappa shape index (κ2) is 7.11. The number of benzene rings is 1. The highest BCUT2D eigenvalue weighted by Crippen LogP contribution is 2.30. The molecule has 1 amide bonds. The molecule has 1 aromatic rings. The van der Waals surface area contributed by atoms with Crippen LogP contribution in [-0.2, 0) is 4.74 Å². The molecule has 2 N–H and O–H groups in total. The molecule has 22 heavy (non-hydrogen) atoms. The number of nitrogens with two attached hydrogens (primary N) is 1. The Labute approximate surface area is 132 Å². The highest BCUT2D eigenvalue weighted by molar-refractivity contribution is 5.97. The molecule has 0 aromatic heterocycles. The molecule has 5 heteroatoms. The maximum Gasteiger partial charge on any atom is 0.257 e. The topological polar surface area (TPSA) is 64.8 Å². The zero-order valence-electron chi connectivity index (χ0n) is 13.7. The highest BCUT2D eigenvalue weighted by atomic mass is 16.5. The molecule has 2 rings (SSSR count). The van der Waals surface area contributed by atoms with Gasteiger partial charge in [-0.05, 0) is 24.0 Å². The van der Waals surface area contributed by atoms with E-state index in [2.05, 4.69) is 13.8 Å². The number of nitrogens with zero attached hydrogens (tertiary/aromatic N) is 1. The average molecular weight is 306 g/mol. The number of methoxy groups -OCH3 is 1.